The van der Waals surface area contributed by atoms with E-state index >= 15 is 0 Å². The lowest BCUT2D eigenvalue weighted by molar-refractivity contribution is 0.487. The van der Waals surface area contributed by atoms with Gasteiger partial charge in [0.25, 0.3) is 0 Å². The van der Waals surface area contributed by atoms with Crippen molar-refractivity contribution in [2.24, 2.45) is 0 Å². The Morgan fingerprint density at radius 2 is 1.20 bits per heavy atom. The van der Waals surface area contributed by atoms with E-state index < -0.39 is 0 Å². The van der Waals surface area contributed by atoms with Gasteiger partial charge in [0.15, 0.2) is 0 Å². The summed E-state index contributed by atoms with van der Waals surface area (Å²) in [5, 5.41) is 1.68. The SMILES string of the molecule is Cc1ccc(-c2cccc(N(C)C)c2-c2ccccc2P(C2CCCCC2)C2CCCCC2)cc1. The van der Waals surface area contributed by atoms with Crippen LogP contribution < -0.4 is 10.2 Å². The van der Waals surface area contributed by atoms with E-state index in [4.69, 9.17) is 0 Å². The van der Waals surface area contributed by atoms with Gasteiger partial charge in [-0.25, -0.2) is 0 Å². The first-order chi connectivity index (χ1) is 17.1. The monoisotopic (exact) mass is 483 g/mol. The van der Waals surface area contributed by atoms with E-state index in [1.54, 1.807) is 5.30 Å². The van der Waals surface area contributed by atoms with Crippen molar-refractivity contribution in [3.05, 3.63) is 72.3 Å². The highest BCUT2D eigenvalue weighted by Gasteiger charge is 2.34. The van der Waals surface area contributed by atoms with Crippen molar-refractivity contribution in [2.45, 2.75) is 82.4 Å². The number of hydrogen-bond donors (Lipinski definition) is 0. The zero-order valence-corrected chi connectivity index (χ0v) is 22.9. The van der Waals surface area contributed by atoms with Gasteiger partial charge in [-0.15, -0.1) is 0 Å². The predicted molar refractivity (Wildman–Crippen MR) is 157 cm³/mol. The Labute approximate surface area is 214 Å². The minimum absolute atomic E-state index is 0.173. The molecule has 0 bridgehead atoms. The van der Waals surface area contributed by atoms with Crippen LogP contribution in [0.2, 0.25) is 0 Å². The molecular formula is C33H42NP. The second-order valence-electron chi connectivity index (χ2n) is 11.0. The van der Waals surface area contributed by atoms with E-state index in [9.17, 15) is 0 Å². The predicted octanol–water partition coefficient (Wildman–Crippen LogP) is 9.17. The molecule has 0 spiro atoms. The summed E-state index contributed by atoms with van der Waals surface area (Å²) in [6, 6.07) is 25.6. The first-order valence-electron chi connectivity index (χ1n) is 13.9. The molecule has 0 N–H and O–H groups in total. The van der Waals surface area contributed by atoms with Crippen LogP contribution in [0.15, 0.2) is 66.7 Å². The molecule has 2 fully saturated rings. The standard InChI is InChI=1S/C33H42NP/c1-25-21-23-26(24-22-25)29-18-12-19-31(34(2)3)33(29)30-17-10-11-20-32(30)35(27-13-6-4-7-14-27)28-15-8-5-9-16-28/h10-12,17-24,27-28H,4-9,13-16H2,1-3H3. The summed E-state index contributed by atoms with van der Waals surface area (Å²) >= 11 is 0. The molecule has 1 nitrogen and oxygen atoms in total. The topological polar surface area (TPSA) is 3.24 Å². The molecule has 5 rings (SSSR count). The van der Waals surface area contributed by atoms with Gasteiger partial charge in [-0.3, -0.25) is 0 Å². The third-order valence-corrected chi connectivity index (χ3v) is 11.8. The molecule has 2 heteroatoms. The highest BCUT2D eigenvalue weighted by Crippen LogP contribution is 2.57. The summed E-state index contributed by atoms with van der Waals surface area (Å²) in [7, 11) is 4.23. The molecule has 2 aliphatic carbocycles. The number of nitrogens with zero attached hydrogens (tertiary/aromatic N) is 1. The van der Waals surface area contributed by atoms with Gasteiger partial charge >= 0.3 is 0 Å². The Morgan fingerprint density at radius 3 is 1.80 bits per heavy atom. The second-order valence-corrected chi connectivity index (χ2v) is 13.7. The van der Waals surface area contributed by atoms with Crippen molar-refractivity contribution in [3.63, 3.8) is 0 Å². The number of benzene rings is 3. The molecule has 184 valence electrons. The molecule has 0 heterocycles. The third-order valence-electron chi connectivity index (χ3n) is 8.27. The first-order valence-corrected chi connectivity index (χ1v) is 15.4. The van der Waals surface area contributed by atoms with Crippen molar-refractivity contribution >= 4 is 18.9 Å². The van der Waals surface area contributed by atoms with Crippen LogP contribution in [0.4, 0.5) is 5.69 Å². The molecule has 0 amide bonds. The van der Waals surface area contributed by atoms with Crippen molar-refractivity contribution < 1.29 is 0 Å². The molecular weight excluding hydrogens is 441 g/mol. The van der Waals surface area contributed by atoms with Crippen LogP contribution in [-0.2, 0) is 0 Å². The summed E-state index contributed by atoms with van der Waals surface area (Å²) in [5.41, 5.74) is 10.1. The Bertz CT molecular complexity index is 1090. The highest BCUT2D eigenvalue weighted by molar-refractivity contribution is 7.67. The molecule has 0 unspecified atom stereocenters. The van der Waals surface area contributed by atoms with Gasteiger partial charge in [0.2, 0.25) is 0 Å². The van der Waals surface area contributed by atoms with Crippen LogP contribution in [0.25, 0.3) is 22.3 Å². The van der Waals surface area contributed by atoms with Crippen LogP contribution in [0, 0.1) is 6.92 Å². The summed E-state index contributed by atoms with van der Waals surface area (Å²) in [6.07, 6.45) is 14.4. The smallest absolute Gasteiger partial charge is 0.0447 e. The zero-order chi connectivity index (χ0) is 24.2. The Morgan fingerprint density at radius 1 is 0.629 bits per heavy atom. The lowest BCUT2D eigenvalue weighted by Crippen LogP contribution is -2.27. The summed E-state index contributed by atoms with van der Waals surface area (Å²) in [6.45, 7) is 2.18. The highest BCUT2D eigenvalue weighted by atomic mass is 31.1. The van der Waals surface area contributed by atoms with Crippen LogP contribution in [0.1, 0.15) is 69.8 Å². The number of hydrogen-bond acceptors (Lipinski definition) is 1. The molecule has 0 aliphatic heterocycles. The Hall–Kier alpha value is -2.11. The Balaban J connectivity index is 1.69. The van der Waals surface area contributed by atoms with E-state index in [0.717, 1.165) is 11.3 Å². The molecule has 0 saturated heterocycles. The van der Waals surface area contributed by atoms with Crippen molar-refractivity contribution in [2.75, 3.05) is 19.0 Å². The number of aryl methyl sites for hydroxylation is 1. The van der Waals surface area contributed by atoms with Crippen molar-refractivity contribution in [1.82, 2.24) is 0 Å². The maximum Gasteiger partial charge on any atom is 0.0447 e. The molecule has 2 aliphatic rings. The number of rotatable bonds is 6. The van der Waals surface area contributed by atoms with Gasteiger partial charge in [0, 0.05) is 25.3 Å². The second kappa shape index (κ2) is 11.3. The molecule has 0 atom stereocenters. The molecule has 35 heavy (non-hydrogen) atoms. The quantitative estimate of drug-likeness (QED) is 0.316. The zero-order valence-electron chi connectivity index (χ0n) is 22.0. The summed E-state index contributed by atoms with van der Waals surface area (Å²) in [4.78, 5) is 2.31. The van der Waals surface area contributed by atoms with Gasteiger partial charge in [-0.1, -0.05) is 113 Å². The van der Waals surface area contributed by atoms with Gasteiger partial charge in [0.1, 0.15) is 0 Å². The molecule has 2 saturated carbocycles. The first kappa shape index (κ1) is 24.6. The van der Waals surface area contributed by atoms with Crippen molar-refractivity contribution in [1.29, 1.82) is 0 Å². The molecule has 0 aromatic heterocycles. The maximum atomic E-state index is 2.52. The Kier molecular flexibility index (Phi) is 7.94. The summed E-state index contributed by atoms with van der Waals surface area (Å²) in [5.74, 6) is 0. The average Bonchev–Trinajstić information content (AvgIpc) is 2.90. The van der Waals surface area contributed by atoms with Crippen LogP contribution in [-0.4, -0.2) is 25.4 Å². The normalized spacial score (nSPS) is 17.6. The largest absolute Gasteiger partial charge is 0.377 e. The lowest BCUT2D eigenvalue weighted by atomic mass is 9.92. The van der Waals surface area contributed by atoms with E-state index in [0.29, 0.717) is 0 Å². The van der Waals surface area contributed by atoms with E-state index in [-0.39, 0.29) is 7.92 Å². The molecule has 3 aromatic rings. The van der Waals surface area contributed by atoms with Gasteiger partial charge in [-0.2, -0.15) is 0 Å². The lowest BCUT2D eigenvalue weighted by Gasteiger charge is -2.40. The molecule has 0 radical (unpaired) electrons. The molecule has 3 aromatic carbocycles. The van der Waals surface area contributed by atoms with Crippen LogP contribution in [0.3, 0.4) is 0 Å². The minimum Gasteiger partial charge on any atom is -0.377 e. The van der Waals surface area contributed by atoms with E-state index in [2.05, 4.69) is 92.6 Å². The van der Waals surface area contributed by atoms with Gasteiger partial charge < -0.3 is 4.90 Å². The van der Waals surface area contributed by atoms with Gasteiger partial charge in [0.05, 0.1) is 0 Å². The minimum atomic E-state index is -0.173. The van der Waals surface area contributed by atoms with E-state index in [1.807, 2.05) is 0 Å². The van der Waals surface area contributed by atoms with Gasteiger partial charge in [-0.05, 0) is 72.0 Å². The fraction of sp³-hybridized carbons (Fsp3) is 0.455. The summed E-state index contributed by atoms with van der Waals surface area (Å²) < 4.78 is 0. The van der Waals surface area contributed by atoms with Crippen LogP contribution >= 0.6 is 7.92 Å². The average molecular weight is 484 g/mol. The van der Waals surface area contributed by atoms with E-state index in [1.165, 1.54) is 97.7 Å². The fourth-order valence-corrected chi connectivity index (χ4v) is 10.4. The third kappa shape index (κ3) is 5.36. The van der Waals surface area contributed by atoms with Crippen LogP contribution in [0.5, 0.6) is 0 Å². The fourth-order valence-electron chi connectivity index (χ4n) is 6.49. The maximum absolute atomic E-state index is 2.52. The number of anilines is 1. The van der Waals surface area contributed by atoms with Crippen molar-refractivity contribution in [3.8, 4) is 22.3 Å².